The first-order valence-corrected chi connectivity index (χ1v) is 8.24. The number of hydrogen-bond acceptors (Lipinski definition) is 4. The molecule has 5 nitrogen and oxygen atoms in total. The molecule has 0 N–H and O–H groups in total. The van der Waals surface area contributed by atoms with E-state index in [9.17, 15) is 14.5 Å². The molecule has 23 heavy (non-hydrogen) atoms. The summed E-state index contributed by atoms with van der Waals surface area (Å²) in [4.78, 5) is 13.0. The van der Waals surface area contributed by atoms with E-state index in [-0.39, 0.29) is 17.7 Å². The molecule has 6 heteroatoms. The van der Waals surface area contributed by atoms with Gasteiger partial charge in [-0.25, -0.2) is 4.39 Å². The summed E-state index contributed by atoms with van der Waals surface area (Å²) in [6, 6.07) is 3.25. The molecule has 2 atom stereocenters. The number of hydrogen-bond donors (Lipinski definition) is 0. The third-order valence-electron chi connectivity index (χ3n) is 4.81. The van der Waals surface area contributed by atoms with E-state index < -0.39 is 11.1 Å². The zero-order chi connectivity index (χ0) is 16.6. The molecule has 0 amide bonds. The maximum absolute atomic E-state index is 14.6. The highest BCUT2D eigenvalue weighted by Crippen LogP contribution is 2.40. The van der Waals surface area contributed by atoms with Gasteiger partial charge >= 0.3 is 5.69 Å². The normalized spacial score (nSPS) is 25.9. The van der Waals surface area contributed by atoms with Gasteiger partial charge in [-0.1, -0.05) is 0 Å². The van der Waals surface area contributed by atoms with Crippen molar-refractivity contribution < 1.29 is 14.1 Å². The summed E-state index contributed by atoms with van der Waals surface area (Å²) < 4.78 is 20.3. The Balaban J connectivity index is 1.95. The van der Waals surface area contributed by atoms with Gasteiger partial charge < -0.3 is 9.64 Å². The number of nitro benzene ring substituents is 1. The van der Waals surface area contributed by atoms with E-state index in [1.54, 1.807) is 6.07 Å². The average molecular weight is 322 g/mol. The number of benzene rings is 1. The number of ether oxygens (including phenoxy) is 1. The fourth-order valence-corrected chi connectivity index (χ4v) is 3.24. The van der Waals surface area contributed by atoms with Crippen LogP contribution < -0.4 is 4.74 Å². The Kier molecular flexibility index (Phi) is 4.53. The predicted molar refractivity (Wildman–Crippen MR) is 85.9 cm³/mol. The average Bonchev–Trinajstić information content (AvgIpc) is 3.31. The molecule has 3 rings (SSSR count). The lowest BCUT2D eigenvalue weighted by atomic mass is 9.87. The first kappa shape index (κ1) is 16.2. The molecule has 0 bridgehead atoms. The smallest absolute Gasteiger partial charge is 0.311 e. The van der Waals surface area contributed by atoms with Gasteiger partial charge in [-0.2, -0.15) is 0 Å². The van der Waals surface area contributed by atoms with Crippen LogP contribution in [0.2, 0.25) is 0 Å². The number of likely N-dealkylation sites (tertiary alicyclic amines) is 1. The minimum absolute atomic E-state index is 0.0145. The Morgan fingerprint density at radius 2 is 1.96 bits per heavy atom. The molecule has 1 heterocycles. The molecule has 1 aliphatic carbocycles. The molecule has 2 aliphatic rings. The van der Waals surface area contributed by atoms with Crippen molar-refractivity contribution in [2.24, 2.45) is 0 Å². The molecule has 0 aromatic heterocycles. The minimum atomic E-state index is -0.922. The van der Waals surface area contributed by atoms with Gasteiger partial charge in [0.1, 0.15) is 6.17 Å². The SMILES string of the molecule is Cc1cc([N+](=O)[O-])c(OC2CC2)cc1C1CCN(C)CCC1F. The van der Waals surface area contributed by atoms with Crippen molar-refractivity contribution in [2.45, 2.75) is 50.8 Å². The zero-order valence-electron chi connectivity index (χ0n) is 13.6. The highest BCUT2D eigenvalue weighted by molar-refractivity contribution is 5.53. The largest absolute Gasteiger partial charge is 0.483 e. The molecule has 1 saturated heterocycles. The van der Waals surface area contributed by atoms with Gasteiger partial charge in [0, 0.05) is 18.5 Å². The molecular weight excluding hydrogens is 299 g/mol. The fraction of sp³-hybridized carbons (Fsp3) is 0.647. The van der Waals surface area contributed by atoms with Crippen molar-refractivity contribution in [1.29, 1.82) is 0 Å². The second-order valence-electron chi connectivity index (χ2n) is 6.75. The lowest BCUT2D eigenvalue weighted by Gasteiger charge is -2.21. The molecule has 0 radical (unpaired) electrons. The predicted octanol–water partition coefficient (Wildman–Crippen LogP) is 3.59. The van der Waals surface area contributed by atoms with Gasteiger partial charge in [-0.3, -0.25) is 10.1 Å². The minimum Gasteiger partial charge on any atom is -0.483 e. The van der Waals surface area contributed by atoms with Crippen molar-refractivity contribution in [3.05, 3.63) is 33.4 Å². The van der Waals surface area contributed by atoms with E-state index in [1.165, 1.54) is 6.07 Å². The standard InChI is InChI=1S/C17H23FN2O3/c1-11-9-16(20(21)22)17(23-12-3-4-12)10-14(11)13-5-7-19(2)8-6-15(13)18/h9-10,12-13,15H,3-8H2,1-2H3. The third kappa shape index (κ3) is 3.63. The number of nitro groups is 1. The summed E-state index contributed by atoms with van der Waals surface area (Å²) in [7, 11) is 2.00. The maximum atomic E-state index is 14.6. The molecule has 1 aliphatic heterocycles. The zero-order valence-corrected chi connectivity index (χ0v) is 13.6. The Labute approximate surface area is 135 Å². The lowest BCUT2D eigenvalue weighted by Crippen LogP contribution is -2.18. The fourth-order valence-electron chi connectivity index (χ4n) is 3.24. The number of nitrogens with zero attached hydrogens (tertiary/aromatic N) is 2. The summed E-state index contributed by atoms with van der Waals surface area (Å²) in [6.07, 6.45) is 2.23. The highest BCUT2D eigenvalue weighted by atomic mass is 19.1. The summed E-state index contributed by atoms with van der Waals surface area (Å²) in [5, 5.41) is 11.3. The molecular formula is C17H23FN2O3. The molecule has 1 saturated carbocycles. The van der Waals surface area contributed by atoms with Gasteiger partial charge in [-0.05, 0) is 63.4 Å². The summed E-state index contributed by atoms with van der Waals surface area (Å²) in [6.45, 7) is 3.40. The van der Waals surface area contributed by atoms with Crippen molar-refractivity contribution in [3.8, 4) is 5.75 Å². The summed E-state index contributed by atoms with van der Waals surface area (Å²) >= 11 is 0. The van der Waals surface area contributed by atoms with Gasteiger partial charge in [0.05, 0.1) is 11.0 Å². The number of rotatable bonds is 4. The monoisotopic (exact) mass is 322 g/mol. The van der Waals surface area contributed by atoms with E-state index in [2.05, 4.69) is 4.90 Å². The van der Waals surface area contributed by atoms with Crippen molar-refractivity contribution in [2.75, 3.05) is 20.1 Å². The van der Waals surface area contributed by atoms with Crippen LogP contribution in [0.4, 0.5) is 10.1 Å². The second-order valence-corrected chi connectivity index (χ2v) is 6.75. The Morgan fingerprint density at radius 1 is 1.26 bits per heavy atom. The van der Waals surface area contributed by atoms with E-state index in [1.807, 2.05) is 14.0 Å². The van der Waals surface area contributed by atoms with Crippen LogP contribution >= 0.6 is 0 Å². The lowest BCUT2D eigenvalue weighted by molar-refractivity contribution is -0.386. The number of aryl methyl sites for hydroxylation is 1. The molecule has 1 aromatic carbocycles. The Morgan fingerprint density at radius 3 is 2.61 bits per heavy atom. The van der Waals surface area contributed by atoms with Gasteiger partial charge in [0.15, 0.2) is 5.75 Å². The number of halogens is 1. The Hall–Kier alpha value is -1.69. The maximum Gasteiger partial charge on any atom is 0.311 e. The second kappa shape index (κ2) is 6.43. The van der Waals surface area contributed by atoms with Gasteiger partial charge in [0.25, 0.3) is 0 Å². The Bertz CT molecular complexity index is 604. The van der Waals surface area contributed by atoms with Crippen molar-refractivity contribution in [3.63, 3.8) is 0 Å². The number of alkyl halides is 1. The van der Waals surface area contributed by atoms with Crippen molar-refractivity contribution >= 4 is 5.69 Å². The van der Waals surface area contributed by atoms with Crippen LogP contribution in [0.3, 0.4) is 0 Å². The van der Waals surface area contributed by atoms with E-state index in [0.29, 0.717) is 12.2 Å². The highest BCUT2D eigenvalue weighted by Gasteiger charge is 2.32. The first-order chi connectivity index (χ1) is 11.0. The van der Waals surface area contributed by atoms with Crippen LogP contribution in [0.15, 0.2) is 12.1 Å². The van der Waals surface area contributed by atoms with Crippen LogP contribution in [0, 0.1) is 17.0 Å². The van der Waals surface area contributed by atoms with Crippen LogP contribution in [0.25, 0.3) is 0 Å². The molecule has 2 unspecified atom stereocenters. The molecule has 126 valence electrons. The first-order valence-electron chi connectivity index (χ1n) is 8.24. The van der Waals surface area contributed by atoms with Crippen LogP contribution in [0.5, 0.6) is 5.75 Å². The van der Waals surface area contributed by atoms with Gasteiger partial charge in [0.2, 0.25) is 0 Å². The molecule has 1 aromatic rings. The van der Waals surface area contributed by atoms with Gasteiger partial charge in [-0.15, -0.1) is 0 Å². The van der Waals surface area contributed by atoms with E-state index in [4.69, 9.17) is 4.74 Å². The van der Waals surface area contributed by atoms with Crippen LogP contribution in [0.1, 0.15) is 42.7 Å². The van der Waals surface area contributed by atoms with Crippen LogP contribution in [-0.2, 0) is 0 Å². The quantitative estimate of drug-likeness (QED) is 0.628. The topological polar surface area (TPSA) is 55.6 Å². The van der Waals surface area contributed by atoms with E-state index in [0.717, 1.165) is 43.5 Å². The molecule has 0 spiro atoms. The molecule has 2 fully saturated rings. The summed E-state index contributed by atoms with van der Waals surface area (Å²) in [5.74, 6) is 0.0743. The van der Waals surface area contributed by atoms with Crippen LogP contribution in [-0.4, -0.2) is 42.2 Å². The van der Waals surface area contributed by atoms with Crippen molar-refractivity contribution in [1.82, 2.24) is 4.90 Å². The summed E-state index contributed by atoms with van der Waals surface area (Å²) in [5.41, 5.74) is 1.62. The third-order valence-corrected chi connectivity index (χ3v) is 4.81. The van der Waals surface area contributed by atoms with E-state index >= 15 is 0 Å².